The monoisotopic (exact) mass is 334 g/mol. The first kappa shape index (κ1) is 16.8. The molecule has 0 saturated heterocycles. The lowest BCUT2D eigenvalue weighted by Crippen LogP contribution is -2.25. The fraction of sp³-hybridized carbons (Fsp3) is 0.263. The van der Waals surface area contributed by atoms with Crippen molar-refractivity contribution >= 4 is 11.6 Å². The molecule has 1 atom stereocenters. The van der Waals surface area contributed by atoms with Crippen molar-refractivity contribution in [1.82, 2.24) is 20.6 Å². The summed E-state index contributed by atoms with van der Waals surface area (Å²) >= 11 is 0. The molecular weight excluding hydrogens is 314 g/mol. The van der Waals surface area contributed by atoms with Gasteiger partial charge in [-0.1, -0.05) is 47.5 Å². The third-order valence-electron chi connectivity index (χ3n) is 4.12. The van der Waals surface area contributed by atoms with Crippen LogP contribution in [0.1, 0.15) is 34.0 Å². The van der Waals surface area contributed by atoms with Crippen molar-refractivity contribution in [1.29, 1.82) is 0 Å². The molecule has 0 aliphatic carbocycles. The SMILES string of the molecule is Cc1cccc(C[C@@H](C(=O)Nc2ccc(C)cc2C)c2nnn[n-]2)c1. The summed E-state index contributed by atoms with van der Waals surface area (Å²) in [5.41, 5.74) is 5.15. The fourth-order valence-electron chi connectivity index (χ4n) is 2.84. The van der Waals surface area contributed by atoms with Crippen molar-refractivity contribution < 1.29 is 4.79 Å². The normalized spacial score (nSPS) is 12.0. The average molecular weight is 334 g/mol. The Morgan fingerprint density at radius 1 is 1.12 bits per heavy atom. The van der Waals surface area contributed by atoms with Gasteiger partial charge in [0.15, 0.2) is 0 Å². The van der Waals surface area contributed by atoms with E-state index in [2.05, 4.69) is 32.0 Å². The van der Waals surface area contributed by atoms with Gasteiger partial charge in [-0.25, -0.2) is 0 Å². The van der Waals surface area contributed by atoms with Crippen molar-refractivity contribution in [3.05, 3.63) is 70.5 Å². The predicted molar refractivity (Wildman–Crippen MR) is 95.3 cm³/mol. The van der Waals surface area contributed by atoms with Gasteiger partial charge in [0.2, 0.25) is 5.91 Å². The smallest absolute Gasteiger partial charge is 0.232 e. The number of amides is 1. The van der Waals surface area contributed by atoms with Gasteiger partial charge in [-0.05, 0) is 44.4 Å². The zero-order chi connectivity index (χ0) is 17.8. The Morgan fingerprint density at radius 2 is 1.92 bits per heavy atom. The Bertz CT molecular complexity index is 873. The summed E-state index contributed by atoms with van der Waals surface area (Å²) in [6, 6.07) is 14.0. The summed E-state index contributed by atoms with van der Waals surface area (Å²) in [5, 5.41) is 17.8. The van der Waals surface area contributed by atoms with Gasteiger partial charge in [0.1, 0.15) is 0 Å². The topological polar surface area (TPSA) is 81.9 Å². The van der Waals surface area contributed by atoms with E-state index in [9.17, 15) is 4.79 Å². The van der Waals surface area contributed by atoms with E-state index in [1.807, 2.05) is 57.2 Å². The molecule has 1 aromatic heterocycles. The van der Waals surface area contributed by atoms with Crippen LogP contribution in [-0.2, 0) is 11.2 Å². The highest BCUT2D eigenvalue weighted by atomic mass is 16.1. The first-order valence-electron chi connectivity index (χ1n) is 8.15. The van der Waals surface area contributed by atoms with Gasteiger partial charge >= 0.3 is 0 Å². The Kier molecular flexibility index (Phi) is 4.88. The Morgan fingerprint density at radius 3 is 2.60 bits per heavy atom. The van der Waals surface area contributed by atoms with E-state index in [4.69, 9.17) is 0 Å². The van der Waals surface area contributed by atoms with Crippen molar-refractivity contribution in [2.45, 2.75) is 33.1 Å². The summed E-state index contributed by atoms with van der Waals surface area (Å²) in [6.45, 7) is 6.02. The third kappa shape index (κ3) is 4.09. The summed E-state index contributed by atoms with van der Waals surface area (Å²) in [4.78, 5) is 12.9. The number of carbonyl (C=O) groups is 1. The number of hydrogen-bond acceptors (Lipinski definition) is 4. The lowest BCUT2D eigenvalue weighted by molar-refractivity contribution is -0.117. The molecule has 1 amide bonds. The second-order valence-corrected chi connectivity index (χ2v) is 6.29. The van der Waals surface area contributed by atoms with Crippen molar-refractivity contribution in [2.75, 3.05) is 5.32 Å². The number of anilines is 1. The van der Waals surface area contributed by atoms with Gasteiger partial charge < -0.3 is 10.4 Å². The molecule has 2 aromatic carbocycles. The first-order chi connectivity index (χ1) is 12.0. The highest BCUT2D eigenvalue weighted by Crippen LogP contribution is 2.22. The van der Waals surface area contributed by atoms with Gasteiger partial charge in [-0.15, -0.1) is 0 Å². The first-order valence-corrected chi connectivity index (χ1v) is 8.15. The molecule has 0 aliphatic heterocycles. The quantitative estimate of drug-likeness (QED) is 0.776. The second-order valence-electron chi connectivity index (χ2n) is 6.29. The predicted octanol–water partition coefficient (Wildman–Crippen LogP) is 2.72. The van der Waals surface area contributed by atoms with Crippen LogP contribution in [-0.4, -0.2) is 21.4 Å². The van der Waals surface area contributed by atoms with Crippen LogP contribution in [0.5, 0.6) is 0 Å². The van der Waals surface area contributed by atoms with Crippen molar-refractivity contribution in [2.24, 2.45) is 0 Å². The highest BCUT2D eigenvalue weighted by Gasteiger charge is 2.21. The van der Waals surface area contributed by atoms with Gasteiger partial charge in [0, 0.05) is 11.5 Å². The Balaban J connectivity index is 1.85. The van der Waals surface area contributed by atoms with E-state index in [1.165, 1.54) is 0 Å². The maximum Gasteiger partial charge on any atom is 0.232 e. The van der Waals surface area contributed by atoms with E-state index in [0.717, 1.165) is 27.9 Å². The van der Waals surface area contributed by atoms with E-state index in [1.54, 1.807) is 0 Å². The molecule has 0 saturated carbocycles. The van der Waals surface area contributed by atoms with Crippen molar-refractivity contribution in [3.8, 4) is 0 Å². The number of benzene rings is 2. The van der Waals surface area contributed by atoms with Gasteiger partial charge in [0.05, 0.1) is 5.92 Å². The maximum absolute atomic E-state index is 12.9. The van der Waals surface area contributed by atoms with Gasteiger partial charge in [-0.2, -0.15) is 5.21 Å². The number of nitrogens with one attached hydrogen (secondary N) is 1. The number of carbonyl (C=O) groups excluding carboxylic acids is 1. The molecule has 0 spiro atoms. The zero-order valence-corrected chi connectivity index (χ0v) is 14.5. The average Bonchev–Trinajstić information content (AvgIpc) is 3.09. The Labute approximate surface area is 146 Å². The van der Waals surface area contributed by atoms with Crippen LogP contribution in [0.15, 0.2) is 42.5 Å². The molecule has 25 heavy (non-hydrogen) atoms. The molecule has 1 N–H and O–H groups in total. The minimum atomic E-state index is -0.544. The molecular formula is C19H20N5O-. The van der Waals surface area contributed by atoms with Crippen LogP contribution in [0.2, 0.25) is 0 Å². The van der Waals surface area contributed by atoms with Crippen LogP contribution in [0.25, 0.3) is 0 Å². The fourth-order valence-corrected chi connectivity index (χ4v) is 2.84. The van der Waals surface area contributed by atoms with E-state index in [-0.39, 0.29) is 5.91 Å². The maximum atomic E-state index is 12.9. The summed E-state index contributed by atoms with van der Waals surface area (Å²) in [6.07, 6.45) is 0.492. The molecule has 6 nitrogen and oxygen atoms in total. The lowest BCUT2D eigenvalue weighted by atomic mass is 9.96. The summed E-state index contributed by atoms with van der Waals surface area (Å²) in [7, 11) is 0. The molecule has 1 heterocycles. The lowest BCUT2D eigenvalue weighted by Gasteiger charge is -2.18. The van der Waals surface area contributed by atoms with Crippen LogP contribution in [0.3, 0.4) is 0 Å². The van der Waals surface area contributed by atoms with Crippen LogP contribution in [0, 0.1) is 20.8 Å². The van der Waals surface area contributed by atoms with E-state index >= 15 is 0 Å². The summed E-state index contributed by atoms with van der Waals surface area (Å²) in [5.74, 6) is -0.371. The van der Waals surface area contributed by atoms with Gasteiger partial charge in [0.25, 0.3) is 0 Å². The molecule has 0 radical (unpaired) electrons. The second kappa shape index (κ2) is 7.25. The molecule has 3 rings (SSSR count). The number of hydrogen-bond donors (Lipinski definition) is 1. The number of nitrogens with zero attached hydrogens (tertiary/aromatic N) is 4. The molecule has 0 bridgehead atoms. The van der Waals surface area contributed by atoms with Gasteiger partial charge in [-0.3, -0.25) is 15.1 Å². The molecule has 0 unspecified atom stereocenters. The van der Waals surface area contributed by atoms with Crippen LogP contribution >= 0.6 is 0 Å². The summed E-state index contributed by atoms with van der Waals surface area (Å²) < 4.78 is 0. The number of aromatic nitrogens is 4. The minimum absolute atomic E-state index is 0.164. The van der Waals surface area contributed by atoms with Crippen molar-refractivity contribution in [3.63, 3.8) is 0 Å². The standard InChI is InChI=1S/C19H21N5O/c1-12-5-4-6-15(10-12)11-16(18-21-23-24-22-18)19(25)20-17-8-7-13(2)9-14(17)3/h4-10,16H,11H2,1-3H3,(H2,20,21,22,23,24,25)/p-1/t16-/m1/s1. The highest BCUT2D eigenvalue weighted by molar-refractivity contribution is 5.96. The van der Waals surface area contributed by atoms with Crippen LogP contribution in [0.4, 0.5) is 5.69 Å². The molecule has 128 valence electrons. The third-order valence-corrected chi connectivity index (χ3v) is 4.12. The molecule has 3 aromatic rings. The van der Waals surface area contributed by atoms with E-state index < -0.39 is 5.92 Å². The molecule has 0 aliphatic rings. The van der Waals surface area contributed by atoms with E-state index in [0.29, 0.717) is 12.2 Å². The largest absolute Gasteiger partial charge is 0.335 e. The molecule has 6 heteroatoms. The number of aryl methyl sites for hydroxylation is 3. The number of tetrazole rings is 1. The zero-order valence-electron chi connectivity index (χ0n) is 14.5. The minimum Gasteiger partial charge on any atom is -0.335 e. The number of rotatable bonds is 5. The molecule has 0 fully saturated rings. The Hall–Kier alpha value is -3.02. The van der Waals surface area contributed by atoms with Crippen LogP contribution < -0.4 is 10.4 Å².